The van der Waals surface area contributed by atoms with E-state index in [1.807, 2.05) is 42.5 Å². The highest BCUT2D eigenvalue weighted by Crippen LogP contribution is 2.31. The molecule has 6 heteroatoms. The molecule has 6 nitrogen and oxygen atoms in total. The number of carboxylic acid groups (broad SMARTS) is 1. The third kappa shape index (κ3) is 5.81. The predicted octanol–water partition coefficient (Wildman–Crippen LogP) is 5.60. The Hall–Kier alpha value is -3.02. The minimum Gasteiger partial charge on any atom is -0.478 e. The molecule has 0 aromatic heterocycles. The maximum atomic E-state index is 12.8. The molecule has 1 aliphatic heterocycles. The molecule has 3 rings (SSSR count). The summed E-state index contributed by atoms with van der Waals surface area (Å²) in [5.74, 6) is 0.158. The van der Waals surface area contributed by atoms with Crippen LogP contribution in [-0.2, 0) is 10.2 Å². The molecule has 1 unspecified atom stereocenters. The van der Waals surface area contributed by atoms with Crippen molar-refractivity contribution in [3.05, 3.63) is 59.7 Å². The summed E-state index contributed by atoms with van der Waals surface area (Å²) in [6, 6.07) is 15.1. The fourth-order valence-electron chi connectivity index (χ4n) is 3.77. The summed E-state index contributed by atoms with van der Waals surface area (Å²) < 4.78 is 11.3. The van der Waals surface area contributed by atoms with Gasteiger partial charge in [-0.2, -0.15) is 0 Å². The average molecular weight is 440 g/mol. The lowest BCUT2D eigenvalue weighted by Gasteiger charge is -2.32. The van der Waals surface area contributed by atoms with E-state index in [1.165, 1.54) is 19.4 Å². The summed E-state index contributed by atoms with van der Waals surface area (Å²) >= 11 is 0. The second-order valence-corrected chi connectivity index (χ2v) is 9.92. The van der Waals surface area contributed by atoms with E-state index in [1.54, 1.807) is 11.0 Å². The zero-order valence-corrected chi connectivity index (χ0v) is 19.6. The number of carbonyl (C=O) groups excluding carboxylic acids is 1. The lowest BCUT2D eigenvalue weighted by molar-refractivity contribution is -0.152. The van der Waals surface area contributed by atoms with E-state index in [0.29, 0.717) is 24.6 Å². The molecule has 1 fully saturated rings. The molecule has 1 saturated heterocycles. The summed E-state index contributed by atoms with van der Waals surface area (Å²) in [6.07, 6.45) is 1.46. The Morgan fingerprint density at radius 1 is 1.00 bits per heavy atom. The first kappa shape index (κ1) is 23.6. The van der Waals surface area contributed by atoms with Crippen molar-refractivity contribution >= 4 is 12.1 Å². The van der Waals surface area contributed by atoms with Crippen molar-refractivity contribution in [1.82, 2.24) is 4.90 Å². The van der Waals surface area contributed by atoms with Gasteiger partial charge in [0.15, 0.2) is 5.60 Å². The van der Waals surface area contributed by atoms with Crippen LogP contribution in [0.4, 0.5) is 4.79 Å². The van der Waals surface area contributed by atoms with Crippen molar-refractivity contribution in [2.24, 2.45) is 0 Å². The highest BCUT2D eigenvalue weighted by Gasteiger charge is 2.30. The SMILES string of the molecule is CC(C)(Oc1cccc(C2CCCN(C(=O)Oc3ccc(C(C)(C)C)cc3)C2)c1)C(=O)O. The Morgan fingerprint density at radius 3 is 2.31 bits per heavy atom. The summed E-state index contributed by atoms with van der Waals surface area (Å²) in [5.41, 5.74) is 0.934. The van der Waals surface area contributed by atoms with E-state index in [9.17, 15) is 14.7 Å². The zero-order chi connectivity index (χ0) is 23.5. The summed E-state index contributed by atoms with van der Waals surface area (Å²) in [6.45, 7) is 10.7. The van der Waals surface area contributed by atoms with Crippen LogP contribution in [0.1, 0.15) is 64.5 Å². The van der Waals surface area contributed by atoms with Crippen LogP contribution in [0.2, 0.25) is 0 Å². The van der Waals surface area contributed by atoms with Gasteiger partial charge in [-0.05, 0) is 67.5 Å². The largest absolute Gasteiger partial charge is 0.478 e. The third-order valence-corrected chi connectivity index (χ3v) is 5.82. The zero-order valence-electron chi connectivity index (χ0n) is 19.6. The van der Waals surface area contributed by atoms with Gasteiger partial charge in [-0.1, -0.05) is 45.0 Å². The van der Waals surface area contributed by atoms with E-state index < -0.39 is 11.6 Å². The normalized spacial score (nSPS) is 17.0. The Morgan fingerprint density at radius 2 is 1.69 bits per heavy atom. The Kier molecular flexibility index (Phi) is 6.82. The van der Waals surface area contributed by atoms with Gasteiger partial charge in [-0.15, -0.1) is 0 Å². The van der Waals surface area contributed by atoms with Crippen LogP contribution >= 0.6 is 0 Å². The van der Waals surface area contributed by atoms with Crippen molar-refractivity contribution in [2.75, 3.05) is 13.1 Å². The van der Waals surface area contributed by atoms with Gasteiger partial charge in [0, 0.05) is 19.0 Å². The van der Waals surface area contributed by atoms with E-state index >= 15 is 0 Å². The van der Waals surface area contributed by atoms with Gasteiger partial charge in [-0.25, -0.2) is 9.59 Å². The fourth-order valence-corrected chi connectivity index (χ4v) is 3.77. The van der Waals surface area contributed by atoms with Gasteiger partial charge in [0.1, 0.15) is 11.5 Å². The van der Waals surface area contributed by atoms with Crippen LogP contribution in [0, 0.1) is 0 Å². The summed E-state index contributed by atoms with van der Waals surface area (Å²) in [5, 5.41) is 9.31. The van der Waals surface area contributed by atoms with Gasteiger partial charge in [-0.3, -0.25) is 0 Å². The van der Waals surface area contributed by atoms with E-state index in [4.69, 9.17) is 9.47 Å². The number of piperidine rings is 1. The molecule has 0 spiro atoms. The number of nitrogens with zero attached hydrogens (tertiary/aromatic N) is 1. The topological polar surface area (TPSA) is 76.1 Å². The van der Waals surface area contributed by atoms with Crippen LogP contribution in [-0.4, -0.2) is 40.8 Å². The maximum absolute atomic E-state index is 12.8. The molecule has 0 radical (unpaired) electrons. The molecular weight excluding hydrogens is 406 g/mol. The standard InChI is InChI=1S/C26H33NO5/c1-25(2,3)20-11-13-21(14-12-20)31-24(30)27-15-7-9-19(17-27)18-8-6-10-22(16-18)32-26(4,5)23(28)29/h6,8,10-14,16,19H,7,9,15,17H2,1-5H3,(H,28,29). The van der Waals surface area contributed by atoms with Crippen molar-refractivity contribution in [3.8, 4) is 11.5 Å². The number of carboxylic acids is 1. The number of hydrogen-bond acceptors (Lipinski definition) is 4. The first-order chi connectivity index (χ1) is 15.0. The van der Waals surface area contributed by atoms with E-state index in [-0.39, 0.29) is 17.4 Å². The average Bonchev–Trinajstić information content (AvgIpc) is 2.73. The summed E-state index contributed by atoms with van der Waals surface area (Å²) in [4.78, 5) is 25.9. The van der Waals surface area contributed by atoms with Crippen LogP contribution < -0.4 is 9.47 Å². The number of ether oxygens (including phenoxy) is 2. The maximum Gasteiger partial charge on any atom is 0.415 e. The smallest absolute Gasteiger partial charge is 0.415 e. The van der Waals surface area contributed by atoms with Crippen LogP contribution in [0.15, 0.2) is 48.5 Å². The molecule has 1 N–H and O–H groups in total. The van der Waals surface area contributed by atoms with Crippen molar-refractivity contribution in [1.29, 1.82) is 0 Å². The first-order valence-electron chi connectivity index (χ1n) is 11.1. The van der Waals surface area contributed by atoms with E-state index in [0.717, 1.165) is 18.4 Å². The van der Waals surface area contributed by atoms with Crippen LogP contribution in [0.25, 0.3) is 0 Å². The quantitative estimate of drug-likeness (QED) is 0.656. The fraction of sp³-hybridized carbons (Fsp3) is 0.462. The van der Waals surface area contributed by atoms with Gasteiger partial charge in [0.2, 0.25) is 0 Å². The monoisotopic (exact) mass is 439 g/mol. The van der Waals surface area contributed by atoms with Crippen molar-refractivity contribution < 1.29 is 24.2 Å². The van der Waals surface area contributed by atoms with Crippen molar-refractivity contribution in [2.45, 2.75) is 64.4 Å². The van der Waals surface area contributed by atoms with Gasteiger partial charge >= 0.3 is 12.1 Å². The molecule has 1 atom stereocenters. The number of hydrogen-bond donors (Lipinski definition) is 1. The van der Waals surface area contributed by atoms with Crippen LogP contribution in [0.3, 0.4) is 0 Å². The number of aliphatic carboxylic acids is 1. The molecule has 1 aliphatic rings. The summed E-state index contributed by atoms with van der Waals surface area (Å²) in [7, 11) is 0. The molecule has 172 valence electrons. The molecule has 1 heterocycles. The lowest BCUT2D eigenvalue weighted by Crippen LogP contribution is -2.40. The second-order valence-electron chi connectivity index (χ2n) is 9.92. The molecule has 0 aliphatic carbocycles. The van der Waals surface area contributed by atoms with Gasteiger partial charge < -0.3 is 19.5 Å². The van der Waals surface area contributed by atoms with Crippen molar-refractivity contribution in [3.63, 3.8) is 0 Å². The number of likely N-dealkylation sites (tertiary alicyclic amines) is 1. The van der Waals surface area contributed by atoms with Gasteiger partial charge in [0.05, 0.1) is 0 Å². The molecule has 0 saturated carbocycles. The minimum atomic E-state index is -1.32. The highest BCUT2D eigenvalue weighted by molar-refractivity contribution is 5.76. The highest BCUT2D eigenvalue weighted by atomic mass is 16.6. The second kappa shape index (κ2) is 9.23. The predicted molar refractivity (Wildman–Crippen MR) is 123 cm³/mol. The molecule has 2 aromatic rings. The molecule has 2 aromatic carbocycles. The first-order valence-corrected chi connectivity index (χ1v) is 11.1. The molecule has 32 heavy (non-hydrogen) atoms. The van der Waals surface area contributed by atoms with Crippen LogP contribution in [0.5, 0.6) is 11.5 Å². The number of rotatable bonds is 5. The molecule has 0 bridgehead atoms. The minimum absolute atomic E-state index is 0.0422. The Labute approximate surface area is 190 Å². The number of carbonyl (C=O) groups is 2. The Bertz CT molecular complexity index is 959. The third-order valence-electron chi connectivity index (χ3n) is 5.82. The molecule has 1 amide bonds. The van der Waals surface area contributed by atoms with E-state index in [2.05, 4.69) is 20.8 Å². The number of amides is 1. The molecular formula is C26H33NO5. The number of benzene rings is 2. The van der Waals surface area contributed by atoms with Gasteiger partial charge in [0.25, 0.3) is 0 Å². The lowest BCUT2D eigenvalue weighted by atomic mass is 9.87. The Balaban J connectivity index is 1.65.